The van der Waals surface area contributed by atoms with Crippen molar-refractivity contribution in [3.63, 3.8) is 0 Å². The summed E-state index contributed by atoms with van der Waals surface area (Å²) in [7, 11) is 0. The molecule has 2 heterocycles. The Hall–Kier alpha value is -2.08. The molecule has 0 atom stereocenters. The van der Waals surface area contributed by atoms with E-state index in [1.807, 2.05) is 22.6 Å². The van der Waals surface area contributed by atoms with Crippen molar-refractivity contribution in [3.8, 4) is 0 Å². The fourth-order valence-electron chi connectivity index (χ4n) is 3.49. The Bertz CT molecular complexity index is 916. The normalized spacial score (nSPS) is 15.7. The van der Waals surface area contributed by atoms with Gasteiger partial charge >= 0.3 is 5.97 Å². The number of rotatable bonds is 4. The quantitative estimate of drug-likeness (QED) is 0.519. The van der Waals surface area contributed by atoms with E-state index in [2.05, 4.69) is 29.3 Å². The molecule has 1 fully saturated rings. The molecule has 0 spiro atoms. The summed E-state index contributed by atoms with van der Waals surface area (Å²) in [4.78, 5) is 12.2. The molecule has 0 bridgehead atoms. The Labute approximate surface area is 150 Å². The summed E-state index contributed by atoms with van der Waals surface area (Å²) < 4.78 is 7.61. The Balaban J connectivity index is 1.53. The monoisotopic (exact) mass is 355 g/mol. The molecule has 2 aromatic heterocycles. The zero-order valence-electron chi connectivity index (χ0n) is 14.3. The molecule has 5 nitrogen and oxygen atoms in total. The van der Waals surface area contributed by atoms with E-state index < -0.39 is 0 Å². The molecule has 1 saturated carbocycles. The molecule has 6 heteroatoms. The number of aromatic nitrogens is 3. The van der Waals surface area contributed by atoms with Crippen molar-refractivity contribution in [2.24, 2.45) is 0 Å². The first-order valence-corrected chi connectivity index (χ1v) is 9.77. The second kappa shape index (κ2) is 7.04. The number of esters is 1. The summed E-state index contributed by atoms with van der Waals surface area (Å²) in [6.07, 6.45) is 5.65. The van der Waals surface area contributed by atoms with Crippen molar-refractivity contribution in [3.05, 3.63) is 35.9 Å². The highest BCUT2D eigenvalue weighted by Crippen LogP contribution is 2.26. The third-order valence-electron chi connectivity index (χ3n) is 4.74. The molecule has 3 aromatic rings. The van der Waals surface area contributed by atoms with Crippen LogP contribution in [0.15, 0.2) is 35.5 Å². The summed E-state index contributed by atoms with van der Waals surface area (Å²) in [5.41, 5.74) is 3.04. The van der Waals surface area contributed by atoms with Crippen molar-refractivity contribution >= 4 is 34.3 Å². The molecule has 4 rings (SSSR count). The van der Waals surface area contributed by atoms with Gasteiger partial charge in [-0.2, -0.15) is 0 Å². The molecule has 0 amide bonds. The minimum absolute atomic E-state index is 0.0977. The zero-order chi connectivity index (χ0) is 17.2. The lowest BCUT2D eigenvalue weighted by molar-refractivity contribution is -0.147. The number of hydrogen-bond donors (Lipinski definition) is 0. The Morgan fingerprint density at radius 1 is 1.24 bits per heavy atom. The lowest BCUT2D eigenvalue weighted by atomic mass is 9.98. The number of pyridine rings is 1. The Morgan fingerprint density at radius 3 is 2.88 bits per heavy atom. The van der Waals surface area contributed by atoms with Gasteiger partial charge in [0.1, 0.15) is 6.10 Å². The molecular weight excluding hydrogens is 334 g/mol. The van der Waals surface area contributed by atoms with Crippen LogP contribution in [0.4, 0.5) is 0 Å². The third-order valence-corrected chi connectivity index (χ3v) is 5.65. The highest BCUT2D eigenvalue weighted by atomic mass is 32.2. The maximum absolute atomic E-state index is 12.2. The van der Waals surface area contributed by atoms with Gasteiger partial charge in [0.25, 0.3) is 0 Å². The SMILES string of the molecule is Cc1cc2nnc(SCC(=O)OC3CCCCC3)n2c2ccccc12. The van der Waals surface area contributed by atoms with Gasteiger partial charge in [-0.15, -0.1) is 10.2 Å². The zero-order valence-corrected chi connectivity index (χ0v) is 15.1. The number of thioether (sulfide) groups is 1. The summed E-state index contributed by atoms with van der Waals surface area (Å²) in [6, 6.07) is 10.2. The van der Waals surface area contributed by atoms with E-state index in [1.165, 1.54) is 29.1 Å². The highest BCUT2D eigenvalue weighted by molar-refractivity contribution is 7.99. The molecule has 0 aliphatic heterocycles. The van der Waals surface area contributed by atoms with Crippen LogP contribution in [0.1, 0.15) is 37.7 Å². The number of carbonyl (C=O) groups excluding carboxylic acids is 1. The van der Waals surface area contributed by atoms with E-state index >= 15 is 0 Å². The number of fused-ring (bicyclic) bond motifs is 3. The van der Waals surface area contributed by atoms with Gasteiger partial charge in [-0.3, -0.25) is 9.20 Å². The molecule has 1 aliphatic carbocycles. The van der Waals surface area contributed by atoms with Crippen LogP contribution in [0.25, 0.3) is 16.6 Å². The number of ether oxygens (including phenoxy) is 1. The first-order valence-electron chi connectivity index (χ1n) is 8.78. The second-order valence-electron chi connectivity index (χ2n) is 6.56. The van der Waals surface area contributed by atoms with Gasteiger partial charge in [-0.1, -0.05) is 36.4 Å². The van der Waals surface area contributed by atoms with E-state index in [0.717, 1.165) is 42.0 Å². The molecule has 0 radical (unpaired) electrons. The lowest BCUT2D eigenvalue weighted by Gasteiger charge is -2.21. The third kappa shape index (κ3) is 3.35. The minimum Gasteiger partial charge on any atom is -0.462 e. The standard InChI is InChI=1S/C19H21N3O2S/c1-13-11-17-20-21-19(22(17)16-10-6-5-9-15(13)16)25-12-18(23)24-14-7-3-2-4-8-14/h5-6,9-11,14H,2-4,7-8,12H2,1H3. The maximum Gasteiger partial charge on any atom is 0.316 e. The second-order valence-corrected chi connectivity index (χ2v) is 7.50. The molecule has 1 aromatic carbocycles. The van der Waals surface area contributed by atoms with Gasteiger partial charge in [-0.25, -0.2) is 0 Å². The molecule has 0 unspecified atom stereocenters. The van der Waals surface area contributed by atoms with Crippen molar-refractivity contribution in [1.82, 2.24) is 14.6 Å². The predicted molar refractivity (Wildman–Crippen MR) is 98.9 cm³/mol. The van der Waals surface area contributed by atoms with Gasteiger partial charge in [0.2, 0.25) is 0 Å². The van der Waals surface area contributed by atoms with Crippen LogP contribution in [-0.4, -0.2) is 32.4 Å². The summed E-state index contributed by atoms with van der Waals surface area (Å²) in [5, 5.41) is 10.4. The number of aryl methyl sites for hydroxylation is 1. The van der Waals surface area contributed by atoms with E-state index in [9.17, 15) is 4.79 Å². The Morgan fingerprint density at radius 2 is 2.04 bits per heavy atom. The number of carbonyl (C=O) groups is 1. The van der Waals surface area contributed by atoms with Gasteiger partial charge in [0, 0.05) is 5.39 Å². The Kier molecular flexibility index (Phi) is 4.61. The van der Waals surface area contributed by atoms with Gasteiger partial charge < -0.3 is 4.74 Å². The summed E-state index contributed by atoms with van der Waals surface area (Å²) in [6.45, 7) is 2.07. The minimum atomic E-state index is -0.162. The average Bonchev–Trinajstić information content (AvgIpc) is 3.04. The maximum atomic E-state index is 12.2. The van der Waals surface area contributed by atoms with Crippen LogP contribution in [0, 0.1) is 6.92 Å². The van der Waals surface area contributed by atoms with Gasteiger partial charge in [-0.05, 0) is 50.3 Å². The summed E-state index contributed by atoms with van der Waals surface area (Å²) in [5.74, 6) is 0.101. The first-order chi connectivity index (χ1) is 12.2. The molecule has 130 valence electrons. The van der Waals surface area contributed by atoms with Crippen LogP contribution in [0.2, 0.25) is 0 Å². The molecule has 0 N–H and O–H groups in total. The van der Waals surface area contributed by atoms with Crippen LogP contribution in [0.5, 0.6) is 0 Å². The number of hydrogen-bond acceptors (Lipinski definition) is 5. The lowest BCUT2D eigenvalue weighted by Crippen LogP contribution is -2.22. The van der Waals surface area contributed by atoms with Crippen LogP contribution in [-0.2, 0) is 9.53 Å². The number of benzene rings is 1. The highest BCUT2D eigenvalue weighted by Gasteiger charge is 2.19. The fraction of sp³-hybridized carbons (Fsp3) is 0.421. The van der Waals surface area contributed by atoms with Crippen LogP contribution >= 0.6 is 11.8 Å². The van der Waals surface area contributed by atoms with E-state index in [4.69, 9.17) is 4.74 Å². The topological polar surface area (TPSA) is 56.5 Å². The van der Waals surface area contributed by atoms with E-state index in [-0.39, 0.29) is 17.8 Å². The average molecular weight is 355 g/mol. The molecule has 25 heavy (non-hydrogen) atoms. The molecular formula is C19H21N3O2S. The largest absolute Gasteiger partial charge is 0.462 e. The van der Waals surface area contributed by atoms with Crippen molar-refractivity contribution < 1.29 is 9.53 Å². The smallest absolute Gasteiger partial charge is 0.316 e. The fourth-order valence-corrected chi connectivity index (χ4v) is 4.23. The van der Waals surface area contributed by atoms with E-state index in [1.54, 1.807) is 0 Å². The first kappa shape index (κ1) is 16.4. The van der Waals surface area contributed by atoms with Gasteiger partial charge in [0.15, 0.2) is 10.8 Å². The summed E-state index contributed by atoms with van der Waals surface area (Å²) >= 11 is 1.39. The number of nitrogens with zero attached hydrogens (tertiary/aromatic N) is 3. The van der Waals surface area contributed by atoms with Crippen LogP contribution < -0.4 is 0 Å². The van der Waals surface area contributed by atoms with Crippen molar-refractivity contribution in [2.75, 3.05) is 5.75 Å². The van der Waals surface area contributed by atoms with Crippen molar-refractivity contribution in [1.29, 1.82) is 0 Å². The molecule has 1 aliphatic rings. The van der Waals surface area contributed by atoms with E-state index in [0.29, 0.717) is 0 Å². The predicted octanol–water partition coefficient (Wildman–Crippen LogP) is 4.16. The molecule has 0 saturated heterocycles. The number of para-hydroxylation sites is 1. The van der Waals surface area contributed by atoms with Gasteiger partial charge in [0.05, 0.1) is 11.3 Å². The van der Waals surface area contributed by atoms with Crippen molar-refractivity contribution in [2.45, 2.75) is 50.3 Å². The van der Waals surface area contributed by atoms with Crippen LogP contribution in [0.3, 0.4) is 0 Å².